The lowest BCUT2D eigenvalue weighted by Crippen LogP contribution is -2.31. The van der Waals surface area contributed by atoms with Gasteiger partial charge in [-0.3, -0.25) is 4.79 Å². The number of benzene rings is 1. The van der Waals surface area contributed by atoms with Crippen LogP contribution in [0.3, 0.4) is 0 Å². The highest BCUT2D eigenvalue weighted by atomic mass is 16.5. The van der Waals surface area contributed by atoms with Gasteiger partial charge < -0.3 is 15.0 Å². The summed E-state index contributed by atoms with van der Waals surface area (Å²) in [5, 5.41) is 0. The summed E-state index contributed by atoms with van der Waals surface area (Å²) in [5.41, 5.74) is 9.04. The Morgan fingerprint density at radius 1 is 1.32 bits per heavy atom. The van der Waals surface area contributed by atoms with E-state index in [1.807, 2.05) is 49.5 Å². The van der Waals surface area contributed by atoms with Gasteiger partial charge in [0.25, 0.3) is 5.56 Å². The fourth-order valence-corrected chi connectivity index (χ4v) is 2.90. The highest BCUT2D eigenvalue weighted by Gasteiger charge is 2.19. The van der Waals surface area contributed by atoms with Gasteiger partial charge in [0.2, 0.25) is 0 Å². The van der Waals surface area contributed by atoms with Crippen molar-refractivity contribution in [3.8, 4) is 0 Å². The summed E-state index contributed by atoms with van der Waals surface area (Å²) in [5.74, 6) is 0. The van der Waals surface area contributed by atoms with Gasteiger partial charge >= 0.3 is 0 Å². The molecule has 2 unspecified atom stereocenters. The molecule has 116 valence electrons. The molecule has 0 saturated carbocycles. The van der Waals surface area contributed by atoms with Crippen molar-refractivity contribution >= 4 is 0 Å². The minimum atomic E-state index is -0.398. The van der Waals surface area contributed by atoms with Gasteiger partial charge in [0, 0.05) is 18.4 Å². The summed E-state index contributed by atoms with van der Waals surface area (Å²) >= 11 is 0. The summed E-state index contributed by atoms with van der Waals surface area (Å²) in [4.78, 5) is 12.7. The van der Waals surface area contributed by atoms with Crippen LogP contribution < -0.4 is 11.3 Å². The van der Waals surface area contributed by atoms with E-state index in [0.29, 0.717) is 12.1 Å². The second kappa shape index (κ2) is 6.46. The second-order valence-electron chi connectivity index (χ2n) is 5.94. The molecule has 4 nitrogen and oxygen atoms in total. The maximum atomic E-state index is 12.7. The summed E-state index contributed by atoms with van der Waals surface area (Å²) in [6, 6.07) is 11.3. The average Bonchev–Trinajstić information content (AvgIpc) is 3.02. The standard InChI is InChI=1S/C18H22N2O2/c1-13-6-8-14(9-7-13)17(19)16-5-2-10-20(18(16)21)12-15-4-3-11-22-15/h2,5-10,15,17H,3-4,11-12,19H2,1H3. The Morgan fingerprint density at radius 2 is 2.09 bits per heavy atom. The van der Waals surface area contributed by atoms with Crippen LogP contribution in [-0.2, 0) is 11.3 Å². The zero-order valence-corrected chi connectivity index (χ0v) is 12.9. The van der Waals surface area contributed by atoms with Gasteiger partial charge in [-0.05, 0) is 31.4 Å². The molecular formula is C18H22N2O2. The summed E-state index contributed by atoms with van der Waals surface area (Å²) in [7, 11) is 0. The lowest BCUT2D eigenvalue weighted by atomic mass is 10.00. The minimum absolute atomic E-state index is 0.0222. The maximum Gasteiger partial charge on any atom is 0.255 e. The molecule has 0 aliphatic carbocycles. The van der Waals surface area contributed by atoms with E-state index in [9.17, 15) is 4.79 Å². The summed E-state index contributed by atoms with van der Waals surface area (Å²) in [6.07, 6.45) is 4.04. The molecule has 2 atom stereocenters. The first kappa shape index (κ1) is 15.0. The molecule has 2 N–H and O–H groups in total. The third kappa shape index (κ3) is 3.13. The number of aromatic nitrogens is 1. The van der Waals surface area contributed by atoms with E-state index in [1.165, 1.54) is 5.56 Å². The SMILES string of the molecule is Cc1ccc(C(N)c2cccn(CC3CCCO3)c2=O)cc1. The molecule has 1 aromatic heterocycles. The van der Waals surface area contributed by atoms with Crippen molar-refractivity contribution < 1.29 is 4.74 Å². The Labute approximate surface area is 130 Å². The molecule has 1 aliphatic heterocycles. The van der Waals surface area contributed by atoms with Crippen LogP contribution in [0, 0.1) is 6.92 Å². The van der Waals surface area contributed by atoms with E-state index in [0.717, 1.165) is 25.0 Å². The molecule has 0 radical (unpaired) electrons. The van der Waals surface area contributed by atoms with Crippen LogP contribution >= 0.6 is 0 Å². The highest BCUT2D eigenvalue weighted by molar-refractivity contribution is 5.31. The number of ether oxygens (including phenoxy) is 1. The van der Waals surface area contributed by atoms with E-state index in [4.69, 9.17) is 10.5 Å². The molecule has 2 heterocycles. The van der Waals surface area contributed by atoms with Crippen molar-refractivity contribution in [2.75, 3.05) is 6.61 Å². The van der Waals surface area contributed by atoms with Crippen molar-refractivity contribution in [2.24, 2.45) is 5.73 Å². The molecule has 0 spiro atoms. The second-order valence-corrected chi connectivity index (χ2v) is 5.94. The fraction of sp³-hybridized carbons (Fsp3) is 0.389. The predicted molar refractivity (Wildman–Crippen MR) is 86.9 cm³/mol. The monoisotopic (exact) mass is 298 g/mol. The molecule has 1 aromatic carbocycles. The van der Waals surface area contributed by atoms with Crippen LogP contribution in [0.5, 0.6) is 0 Å². The number of aryl methyl sites for hydroxylation is 1. The molecule has 1 fully saturated rings. The topological polar surface area (TPSA) is 57.2 Å². The van der Waals surface area contributed by atoms with Crippen molar-refractivity contribution in [1.82, 2.24) is 4.57 Å². The zero-order chi connectivity index (χ0) is 15.5. The van der Waals surface area contributed by atoms with Crippen LogP contribution in [-0.4, -0.2) is 17.3 Å². The van der Waals surface area contributed by atoms with Gasteiger partial charge in [-0.15, -0.1) is 0 Å². The number of pyridine rings is 1. The van der Waals surface area contributed by atoms with Crippen LogP contribution in [0.2, 0.25) is 0 Å². The van der Waals surface area contributed by atoms with Crippen LogP contribution in [0.15, 0.2) is 47.4 Å². The molecule has 4 heteroatoms. The maximum absolute atomic E-state index is 12.7. The highest BCUT2D eigenvalue weighted by Crippen LogP contribution is 2.18. The average molecular weight is 298 g/mol. The van der Waals surface area contributed by atoms with Crippen molar-refractivity contribution in [3.63, 3.8) is 0 Å². The van der Waals surface area contributed by atoms with Gasteiger partial charge in [0.05, 0.1) is 18.7 Å². The Balaban J connectivity index is 1.87. The molecule has 1 aliphatic rings. The first-order valence-corrected chi connectivity index (χ1v) is 7.78. The van der Waals surface area contributed by atoms with Gasteiger partial charge in [-0.1, -0.05) is 35.9 Å². The van der Waals surface area contributed by atoms with E-state index in [2.05, 4.69) is 0 Å². The predicted octanol–water partition coefficient (Wildman–Crippen LogP) is 2.38. The van der Waals surface area contributed by atoms with E-state index < -0.39 is 6.04 Å². The molecule has 3 rings (SSSR count). The quantitative estimate of drug-likeness (QED) is 0.943. The van der Waals surface area contributed by atoms with Gasteiger partial charge in [0.15, 0.2) is 0 Å². The number of rotatable bonds is 4. The van der Waals surface area contributed by atoms with Crippen molar-refractivity contribution in [1.29, 1.82) is 0 Å². The first-order chi connectivity index (χ1) is 10.6. The molecule has 0 amide bonds. The van der Waals surface area contributed by atoms with Crippen LogP contribution in [0.1, 0.15) is 35.6 Å². The van der Waals surface area contributed by atoms with Crippen molar-refractivity contribution in [2.45, 2.75) is 38.5 Å². The normalized spacial score (nSPS) is 19.3. The lowest BCUT2D eigenvalue weighted by molar-refractivity contribution is 0.0961. The van der Waals surface area contributed by atoms with E-state index in [-0.39, 0.29) is 11.7 Å². The smallest absolute Gasteiger partial charge is 0.255 e. The Kier molecular flexibility index (Phi) is 4.41. The van der Waals surface area contributed by atoms with Gasteiger partial charge in [-0.2, -0.15) is 0 Å². The number of hydrogen-bond donors (Lipinski definition) is 1. The van der Waals surface area contributed by atoms with Crippen LogP contribution in [0.25, 0.3) is 0 Å². The van der Waals surface area contributed by atoms with E-state index in [1.54, 1.807) is 4.57 Å². The Morgan fingerprint density at radius 3 is 2.77 bits per heavy atom. The largest absolute Gasteiger partial charge is 0.376 e. The van der Waals surface area contributed by atoms with Gasteiger partial charge in [-0.25, -0.2) is 0 Å². The first-order valence-electron chi connectivity index (χ1n) is 7.78. The third-order valence-electron chi connectivity index (χ3n) is 4.25. The third-order valence-corrected chi connectivity index (χ3v) is 4.25. The number of nitrogens with zero attached hydrogens (tertiary/aromatic N) is 1. The Hall–Kier alpha value is -1.91. The zero-order valence-electron chi connectivity index (χ0n) is 12.9. The molecular weight excluding hydrogens is 276 g/mol. The summed E-state index contributed by atoms with van der Waals surface area (Å²) in [6.45, 7) is 3.43. The Bertz CT molecular complexity index is 685. The minimum Gasteiger partial charge on any atom is -0.376 e. The molecule has 0 bridgehead atoms. The van der Waals surface area contributed by atoms with Crippen LogP contribution in [0.4, 0.5) is 0 Å². The van der Waals surface area contributed by atoms with E-state index >= 15 is 0 Å². The number of nitrogens with two attached hydrogens (primary N) is 1. The number of hydrogen-bond acceptors (Lipinski definition) is 3. The summed E-state index contributed by atoms with van der Waals surface area (Å²) < 4.78 is 7.34. The molecule has 22 heavy (non-hydrogen) atoms. The van der Waals surface area contributed by atoms with Gasteiger partial charge in [0.1, 0.15) is 0 Å². The molecule has 1 saturated heterocycles. The fourth-order valence-electron chi connectivity index (χ4n) is 2.90. The lowest BCUT2D eigenvalue weighted by Gasteiger charge is -2.16. The van der Waals surface area contributed by atoms with Crippen molar-refractivity contribution in [3.05, 3.63) is 69.6 Å². The molecule has 2 aromatic rings.